The third-order valence-electron chi connectivity index (χ3n) is 3.60. The van der Waals surface area contributed by atoms with Gasteiger partial charge in [-0.1, -0.05) is 0 Å². The van der Waals surface area contributed by atoms with Gasteiger partial charge in [-0.25, -0.2) is 9.78 Å². The number of carbonyl (C=O) groups excluding carboxylic acids is 1. The van der Waals surface area contributed by atoms with Gasteiger partial charge in [0.25, 0.3) is 0 Å². The molecule has 112 valence electrons. The Morgan fingerprint density at radius 1 is 1.29 bits per heavy atom. The van der Waals surface area contributed by atoms with E-state index in [1.165, 1.54) is 12.1 Å². The Morgan fingerprint density at radius 2 is 1.95 bits per heavy atom. The van der Waals surface area contributed by atoms with Crippen LogP contribution in [-0.4, -0.2) is 44.5 Å². The maximum Gasteiger partial charge on any atom is 0.335 e. The lowest BCUT2D eigenvalue weighted by molar-refractivity contribution is -0.131. The Morgan fingerprint density at radius 3 is 2.52 bits per heavy atom. The quantitative estimate of drug-likeness (QED) is 0.912. The number of hydrogen-bond donors (Lipinski definition) is 1. The van der Waals surface area contributed by atoms with Gasteiger partial charge in [0.15, 0.2) is 0 Å². The molecule has 0 bridgehead atoms. The molecule has 1 N–H and O–H groups in total. The fraction of sp³-hybridized carbons (Fsp3) is 0.400. The molecule has 21 heavy (non-hydrogen) atoms. The van der Waals surface area contributed by atoms with Crippen LogP contribution in [0.2, 0.25) is 0 Å². The Bertz CT molecular complexity index is 687. The molecule has 6 heteroatoms. The molecule has 1 amide bonds. The maximum atomic E-state index is 12.2. The van der Waals surface area contributed by atoms with Gasteiger partial charge in [0.2, 0.25) is 5.91 Å². The van der Waals surface area contributed by atoms with E-state index in [4.69, 9.17) is 5.11 Å². The molecule has 0 aliphatic heterocycles. The van der Waals surface area contributed by atoms with Crippen LogP contribution < -0.4 is 0 Å². The van der Waals surface area contributed by atoms with E-state index >= 15 is 0 Å². The Labute approximate surface area is 123 Å². The zero-order valence-electron chi connectivity index (χ0n) is 12.5. The monoisotopic (exact) mass is 289 g/mol. The number of carboxylic acid groups (broad SMARTS) is 1. The second kappa shape index (κ2) is 5.95. The molecular weight excluding hydrogens is 270 g/mol. The molecule has 0 fully saturated rings. The minimum absolute atomic E-state index is 0.0321. The van der Waals surface area contributed by atoms with E-state index in [0.717, 1.165) is 5.52 Å². The molecular formula is C15H19N3O3. The largest absolute Gasteiger partial charge is 0.478 e. The van der Waals surface area contributed by atoms with E-state index in [2.05, 4.69) is 4.98 Å². The summed E-state index contributed by atoms with van der Waals surface area (Å²) in [5, 5.41) is 9.01. The molecule has 6 nitrogen and oxygen atoms in total. The molecule has 1 heterocycles. The van der Waals surface area contributed by atoms with Gasteiger partial charge >= 0.3 is 5.97 Å². The van der Waals surface area contributed by atoms with Crippen LogP contribution in [-0.2, 0) is 11.3 Å². The minimum atomic E-state index is -0.983. The highest BCUT2D eigenvalue weighted by molar-refractivity contribution is 5.92. The molecule has 0 saturated carbocycles. The summed E-state index contributed by atoms with van der Waals surface area (Å²) in [5.74, 6) is -0.249. The summed E-state index contributed by atoms with van der Waals surface area (Å²) in [6, 6.07) is 4.77. The lowest BCUT2D eigenvalue weighted by Gasteiger charge is -2.19. The van der Waals surface area contributed by atoms with E-state index in [-0.39, 0.29) is 18.0 Å². The fourth-order valence-electron chi connectivity index (χ4n) is 2.39. The summed E-state index contributed by atoms with van der Waals surface area (Å²) in [7, 11) is 0. The first-order valence-electron chi connectivity index (χ1n) is 6.95. The zero-order chi connectivity index (χ0) is 15.6. The van der Waals surface area contributed by atoms with E-state index in [0.29, 0.717) is 24.4 Å². The lowest BCUT2D eigenvalue weighted by atomic mass is 10.2. The average molecular weight is 289 g/mol. The maximum absolute atomic E-state index is 12.2. The number of aryl methyl sites for hydroxylation is 1. The number of likely N-dealkylation sites (N-methyl/N-ethyl adjacent to an activating group) is 1. The van der Waals surface area contributed by atoms with E-state index in [1.54, 1.807) is 11.0 Å². The van der Waals surface area contributed by atoms with Gasteiger partial charge in [-0.3, -0.25) is 4.79 Å². The van der Waals surface area contributed by atoms with E-state index in [1.807, 2.05) is 25.3 Å². The summed E-state index contributed by atoms with van der Waals surface area (Å²) in [4.78, 5) is 29.3. The highest BCUT2D eigenvalue weighted by Gasteiger charge is 2.15. The Balaban J connectivity index is 2.38. The highest BCUT2D eigenvalue weighted by Crippen LogP contribution is 2.18. The third kappa shape index (κ3) is 2.89. The molecule has 0 spiro atoms. The minimum Gasteiger partial charge on any atom is -0.478 e. The number of benzene rings is 1. The van der Waals surface area contributed by atoms with Gasteiger partial charge in [0.05, 0.1) is 16.6 Å². The van der Waals surface area contributed by atoms with Crippen molar-refractivity contribution in [3.8, 4) is 0 Å². The predicted molar refractivity (Wildman–Crippen MR) is 79.4 cm³/mol. The Hall–Kier alpha value is -2.37. The van der Waals surface area contributed by atoms with Crippen molar-refractivity contribution in [3.63, 3.8) is 0 Å². The molecule has 0 aliphatic rings. The smallest absolute Gasteiger partial charge is 0.335 e. The number of carboxylic acids is 1. The average Bonchev–Trinajstić information content (AvgIpc) is 2.75. The number of aromatic nitrogens is 2. The molecule has 1 aromatic heterocycles. The van der Waals surface area contributed by atoms with Crippen molar-refractivity contribution in [2.24, 2.45) is 0 Å². The second-order valence-corrected chi connectivity index (χ2v) is 4.82. The predicted octanol–water partition coefficient (Wildman–Crippen LogP) is 1.91. The van der Waals surface area contributed by atoms with Crippen LogP contribution in [0.25, 0.3) is 11.0 Å². The number of rotatable bonds is 5. The molecule has 0 atom stereocenters. The third-order valence-corrected chi connectivity index (χ3v) is 3.60. The summed E-state index contributed by atoms with van der Waals surface area (Å²) < 4.78 is 1.82. The summed E-state index contributed by atoms with van der Waals surface area (Å²) in [6.07, 6.45) is 0. The topological polar surface area (TPSA) is 75.4 Å². The van der Waals surface area contributed by atoms with Crippen LogP contribution in [0.4, 0.5) is 0 Å². The van der Waals surface area contributed by atoms with Crippen LogP contribution in [0.5, 0.6) is 0 Å². The first-order chi connectivity index (χ1) is 9.97. The number of imidazole rings is 1. The number of aromatic carboxylic acids is 1. The molecule has 0 saturated heterocycles. The van der Waals surface area contributed by atoms with E-state index < -0.39 is 5.97 Å². The first-order valence-corrected chi connectivity index (χ1v) is 6.95. The number of fused-ring (bicyclic) bond motifs is 1. The standard InChI is InChI=1S/C15H19N3O3/c1-4-17(5-2)14(19)9-18-10(3)16-12-8-11(15(20)21)6-7-13(12)18/h6-8H,4-5,9H2,1-3H3,(H,20,21). The van der Waals surface area contributed by atoms with Crippen molar-refractivity contribution in [1.29, 1.82) is 0 Å². The van der Waals surface area contributed by atoms with Crippen LogP contribution in [0.1, 0.15) is 30.0 Å². The van der Waals surface area contributed by atoms with Crippen LogP contribution in [0.15, 0.2) is 18.2 Å². The molecule has 0 unspecified atom stereocenters. The Kier molecular flexibility index (Phi) is 4.26. The van der Waals surface area contributed by atoms with Crippen LogP contribution in [0.3, 0.4) is 0 Å². The zero-order valence-corrected chi connectivity index (χ0v) is 12.5. The van der Waals surface area contributed by atoms with Gasteiger partial charge in [0, 0.05) is 13.1 Å². The lowest BCUT2D eigenvalue weighted by Crippen LogP contribution is -2.33. The van der Waals surface area contributed by atoms with Crippen molar-refractivity contribution >= 4 is 22.9 Å². The fourth-order valence-corrected chi connectivity index (χ4v) is 2.39. The summed E-state index contributed by atoms with van der Waals surface area (Å²) in [5.41, 5.74) is 1.57. The molecule has 2 aromatic rings. The number of carbonyl (C=O) groups is 2. The first kappa shape index (κ1) is 15.0. The number of nitrogens with zero attached hydrogens (tertiary/aromatic N) is 3. The van der Waals surface area contributed by atoms with Gasteiger partial charge in [-0.05, 0) is 39.0 Å². The van der Waals surface area contributed by atoms with Crippen LogP contribution in [0, 0.1) is 6.92 Å². The normalized spacial score (nSPS) is 10.8. The molecule has 0 aliphatic carbocycles. The highest BCUT2D eigenvalue weighted by atomic mass is 16.4. The molecule has 0 radical (unpaired) electrons. The SMILES string of the molecule is CCN(CC)C(=O)Cn1c(C)nc2cc(C(=O)O)ccc21. The summed E-state index contributed by atoms with van der Waals surface area (Å²) in [6.45, 7) is 7.26. The van der Waals surface area contributed by atoms with Gasteiger partial charge in [-0.15, -0.1) is 0 Å². The van der Waals surface area contributed by atoms with Gasteiger partial charge in [0.1, 0.15) is 12.4 Å². The van der Waals surface area contributed by atoms with Gasteiger partial charge in [-0.2, -0.15) is 0 Å². The molecule has 1 aromatic carbocycles. The summed E-state index contributed by atoms with van der Waals surface area (Å²) >= 11 is 0. The second-order valence-electron chi connectivity index (χ2n) is 4.82. The van der Waals surface area contributed by atoms with Crippen molar-refractivity contribution in [1.82, 2.24) is 14.5 Å². The van der Waals surface area contributed by atoms with Crippen LogP contribution >= 0.6 is 0 Å². The van der Waals surface area contributed by atoms with Gasteiger partial charge < -0.3 is 14.6 Å². The van der Waals surface area contributed by atoms with E-state index in [9.17, 15) is 9.59 Å². The number of amides is 1. The van der Waals surface area contributed by atoms with Crippen molar-refractivity contribution < 1.29 is 14.7 Å². The van der Waals surface area contributed by atoms with Crippen molar-refractivity contribution in [2.45, 2.75) is 27.3 Å². The van der Waals surface area contributed by atoms with Crippen molar-refractivity contribution in [3.05, 3.63) is 29.6 Å². The van der Waals surface area contributed by atoms with Crippen molar-refractivity contribution in [2.75, 3.05) is 13.1 Å². The molecule has 2 rings (SSSR count). The number of hydrogen-bond acceptors (Lipinski definition) is 3.